The number of aliphatic hydroxyl groups excluding tert-OH is 1. The molecule has 23 heavy (non-hydrogen) atoms. The van der Waals surface area contributed by atoms with Gasteiger partial charge in [-0.1, -0.05) is 30.3 Å². The van der Waals surface area contributed by atoms with Crippen molar-refractivity contribution >= 4 is 0 Å². The fourth-order valence-electron chi connectivity index (χ4n) is 3.30. The summed E-state index contributed by atoms with van der Waals surface area (Å²) >= 11 is 0. The predicted octanol–water partition coefficient (Wildman–Crippen LogP) is 1.66. The molecule has 1 aromatic heterocycles. The second-order valence-electron chi connectivity index (χ2n) is 6.53. The van der Waals surface area contributed by atoms with Gasteiger partial charge in [0.05, 0.1) is 12.3 Å². The Labute approximate surface area is 138 Å². The Kier molecular flexibility index (Phi) is 5.10. The van der Waals surface area contributed by atoms with Crippen LogP contribution in [0.2, 0.25) is 0 Å². The van der Waals surface area contributed by atoms with E-state index in [2.05, 4.69) is 28.0 Å². The number of aryl methyl sites for hydroxylation is 1. The van der Waals surface area contributed by atoms with Crippen molar-refractivity contribution < 1.29 is 5.11 Å². The van der Waals surface area contributed by atoms with E-state index in [4.69, 9.17) is 0 Å². The van der Waals surface area contributed by atoms with E-state index in [1.54, 1.807) is 0 Å². The monoisotopic (exact) mass is 314 g/mol. The van der Waals surface area contributed by atoms with E-state index in [1.165, 1.54) is 5.56 Å². The van der Waals surface area contributed by atoms with Crippen molar-refractivity contribution in [2.24, 2.45) is 7.05 Å². The molecule has 124 valence electrons. The molecule has 0 radical (unpaired) electrons. The third-order valence-electron chi connectivity index (χ3n) is 4.61. The van der Waals surface area contributed by atoms with Crippen LogP contribution in [-0.2, 0) is 13.6 Å². The van der Waals surface area contributed by atoms with Crippen LogP contribution >= 0.6 is 0 Å². The van der Waals surface area contributed by atoms with Gasteiger partial charge in [0.15, 0.2) is 0 Å². The Bertz CT molecular complexity index is 612. The zero-order valence-electron chi connectivity index (χ0n) is 14.0. The second kappa shape index (κ2) is 7.25. The van der Waals surface area contributed by atoms with Gasteiger partial charge >= 0.3 is 0 Å². The number of piperazine rings is 1. The molecule has 5 nitrogen and oxygen atoms in total. The van der Waals surface area contributed by atoms with Gasteiger partial charge in [-0.15, -0.1) is 0 Å². The van der Waals surface area contributed by atoms with Crippen LogP contribution < -0.4 is 0 Å². The van der Waals surface area contributed by atoms with E-state index >= 15 is 0 Å². The molecule has 1 N–H and O–H groups in total. The maximum absolute atomic E-state index is 10.4. The van der Waals surface area contributed by atoms with Gasteiger partial charge in [0.1, 0.15) is 0 Å². The molecule has 5 heteroatoms. The Morgan fingerprint density at radius 1 is 1.26 bits per heavy atom. The van der Waals surface area contributed by atoms with E-state index in [-0.39, 0.29) is 0 Å². The summed E-state index contributed by atoms with van der Waals surface area (Å²) in [6.07, 6.45) is 3.61. The fraction of sp³-hybridized carbons (Fsp3) is 0.500. The lowest BCUT2D eigenvalue weighted by Gasteiger charge is -2.40. The molecule has 0 unspecified atom stereocenters. The molecule has 0 spiro atoms. The largest absolute Gasteiger partial charge is 0.387 e. The molecule has 1 aliphatic heterocycles. The molecule has 1 saturated heterocycles. The van der Waals surface area contributed by atoms with Crippen LogP contribution in [0.1, 0.15) is 24.2 Å². The third-order valence-corrected chi connectivity index (χ3v) is 4.61. The van der Waals surface area contributed by atoms with Gasteiger partial charge < -0.3 is 5.11 Å². The zero-order valence-corrected chi connectivity index (χ0v) is 14.0. The van der Waals surface area contributed by atoms with Gasteiger partial charge in [-0.05, 0) is 12.5 Å². The first-order valence-electron chi connectivity index (χ1n) is 8.29. The molecular formula is C18H26N4O. The quantitative estimate of drug-likeness (QED) is 0.912. The summed E-state index contributed by atoms with van der Waals surface area (Å²) in [4.78, 5) is 4.85. The number of aliphatic hydroxyl groups is 1. The predicted molar refractivity (Wildman–Crippen MR) is 90.9 cm³/mol. The molecule has 1 aromatic carbocycles. The minimum Gasteiger partial charge on any atom is -0.387 e. The van der Waals surface area contributed by atoms with Crippen molar-refractivity contribution in [1.82, 2.24) is 19.6 Å². The lowest BCUT2D eigenvalue weighted by Crippen LogP contribution is -2.52. The van der Waals surface area contributed by atoms with Crippen molar-refractivity contribution in [3.8, 4) is 0 Å². The summed E-state index contributed by atoms with van der Waals surface area (Å²) in [5, 5.41) is 14.7. The Hall–Kier alpha value is -1.69. The molecule has 0 saturated carbocycles. The Morgan fingerprint density at radius 3 is 2.70 bits per heavy atom. The number of nitrogens with zero attached hydrogens (tertiary/aromatic N) is 4. The molecule has 0 aliphatic carbocycles. The number of rotatable bonds is 5. The van der Waals surface area contributed by atoms with Crippen molar-refractivity contribution in [3.63, 3.8) is 0 Å². The van der Waals surface area contributed by atoms with E-state index in [0.29, 0.717) is 12.6 Å². The van der Waals surface area contributed by atoms with Crippen LogP contribution in [0.15, 0.2) is 42.7 Å². The highest BCUT2D eigenvalue weighted by molar-refractivity contribution is 5.17. The normalized spacial score (nSPS) is 21.4. The lowest BCUT2D eigenvalue weighted by molar-refractivity contribution is 0.0362. The number of hydrogen-bond donors (Lipinski definition) is 1. The van der Waals surface area contributed by atoms with Gasteiger partial charge in [0.25, 0.3) is 0 Å². The first-order valence-corrected chi connectivity index (χ1v) is 8.29. The van der Waals surface area contributed by atoms with E-state index < -0.39 is 6.10 Å². The second-order valence-corrected chi connectivity index (χ2v) is 6.53. The molecule has 0 bridgehead atoms. The maximum Gasteiger partial charge on any atom is 0.0917 e. The highest BCUT2D eigenvalue weighted by Crippen LogP contribution is 2.18. The van der Waals surface area contributed by atoms with Crippen LogP contribution in [0.5, 0.6) is 0 Å². The molecule has 1 fully saturated rings. The van der Waals surface area contributed by atoms with Crippen LogP contribution in [0.3, 0.4) is 0 Å². The third kappa shape index (κ3) is 4.19. The average Bonchev–Trinajstić information content (AvgIpc) is 2.96. The van der Waals surface area contributed by atoms with Gasteiger partial charge in [0.2, 0.25) is 0 Å². The van der Waals surface area contributed by atoms with Crippen molar-refractivity contribution in [1.29, 1.82) is 0 Å². The number of aromatic nitrogens is 2. The molecule has 0 amide bonds. The standard InChI is InChI=1S/C18H26N4O/c1-15-11-21(13-16-10-19-20(2)12-16)8-9-22(15)14-18(23)17-6-4-3-5-7-17/h3-7,10,12,15,18,23H,8-9,11,13-14H2,1-2H3/t15-,18-/m0/s1. The highest BCUT2D eigenvalue weighted by atomic mass is 16.3. The summed E-state index contributed by atoms with van der Waals surface area (Å²) in [5.74, 6) is 0. The van der Waals surface area contributed by atoms with Crippen molar-refractivity contribution in [3.05, 3.63) is 53.9 Å². The minimum atomic E-state index is -0.413. The molecule has 2 atom stereocenters. The van der Waals surface area contributed by atoms with Crippen LogP contribution in [-0.4, -0.2) is 56.9 Å². The average molecular weight is 314 g/mol. The van der Waals surface area contributed by atoms with Crippen molar-refractivity contribution in [2.75, 3.05) is 26.2 Å². The van der Waals surface area contributed by atoms with Crippen molar-refractivity contribution in [2.45, 2.75) is 25.6 Å². The summed E-state index contributed by atoms with van der Waals surface area (Å²) in [6.45, 7) is 6.94. The first kappa shape index (κ1) is 16.2. The van der Waals surface area contributed by atoms with Crippen LogP contribution in [0.25, 0.3) is 0 Å². The number of hydrogen-bond acceptors (Lipinski definition) is 4. The van der Waals surface area contributed by atoms with Crippen LogP contribution in [0.4, 0.5) is 0 Å². The fourth-order valence-corrected chi connectivity index (χ4v) is 3.30. The van der Waals surface area contributed by atoms with Gasteiger partial charge in [-0.2, -0.15) is 5.10 Å². The zero-order chi connectivity index (χ0) is 16.2. The summed E-state index contributed by atoms with van der Waals surface area (Å²) in [6, 6.07) is 10.4. The topological polar surface area (TPSA) is 44.5 Å². The smallest absolute Gasteiger partial charge is 0.0917 e. The van der Waals surface area contributed by atoms with Gasteiger partial charge in [0, 0.05) is 57.6 Å². The summed E-state index contributed by atoms with van der Waals surface area (Å²) < 4.78 is 1.85. The first-order chi connectivity index (χ1) is 11.1. The molecule has 2 heterocycles. The molecular weight excluding hydrogens is 288 g/mol. The van der Waals surface area contributed by atoms with Gasteiger partial charge in [-0.3, -0.25) is 14.5 Å². The maximum atomic E-state index is 10.4. The summed E-state index contributed by atoms with van der Waals surface area (Å²) in [7, 11) is 1.95. The Morgan fingerprint density at radius 2 is 2.04 bits per heavy atom. The molecule has 2 aromatic rings. The van der Waals surface area contributed by atoms with Crippen LogP contribution in [0, 0.1) is 0 Å². The SMILES string of the molecule is C[C@H]1CN(Cc2cnn(C)c2)CCN1C[C@H](O)c1ccccc1. The lowest BCUT2D eigenvalue weighted by atomic mass is 10.1. The molecule has 1 aliphatic rings. The van der Waals surface area contributed by atoms with Gasteiger partial charge in [-0.25, -0.2) is 0 Å². The molecule has 3 rings (SSSR count). The summed E-state index contributed by atoms with van der Waals surface area (Å²) in [5.41, 5.74) is 2.26. The van der Waals surface area contributed by atoms with E-state index in [1.807, 2.05) is 48.3 Å². The highest BCUT2D eigenvalue weighted by Gasteiger charge is 2.25. The van der Waals surface area contributed by atoms with E-state index in [9.17, 15) is 5.11 Å². The minimum absolute atomic E-state index is 0.413. The number of benzene rings is 1. The number of β-amino-alcohol motifs (C(OH)–C–C–N with tert-alkyl or cyclic N) is 1. The Balaban J connectivity index is 1.52. The van der Waals surface area contributed by atoms with E-state index in [0.717, 1.165) is 31.7 Å².